The molecule has 0 aromatic carbocycles. The van der Waals surface area contributed by atoms with Crippen LogP contribution in [-0.2, 0) is 0 Å². The summed E-state index contributed by atoms with van der Waals surface area (Å²) in [7, 11) is 0. The van der Waals surface area contributed by atoms with Crippen molar-refractivity contribution in [1.29, 1.82) is 0 Å². The summed E-state index contributed by atoms with van der Waals surface area (Å²) in [5.41, 5.74) is 5.92. The molecule has 0 spiro atoms. The first-order valence-corrected chi connectivity index (χ1v) is 6.49. The van der Waals surface area contributed by atoms with E-state index in [0.717, 1.165) is 11.8 Å². The molecule has 76 valence electrons. The molecule has 0 amide bonds. The lowest BCUT2D eigenvalue weighted by atomic mass is 10.1. The molecule has 1 saturated carbocycles. The van der Waals surface area contributed by atoms with Crippen molar-refractivity contribution in [3.8, 4) is 0 Å². The lowest BCUT2D eigenvalue weighted by molar-refractivity contribution is 0.221. The summed E-state index contributed by atoms with van der Waals surface area (Å²) in [6, 6.07) is 0.444. The molecule has 1 aliphatic heterocycles. The molecule has 13 heavy (non-hydrogen) atoms. The highest BCUT2D eigenvalue weighted by molar-refractivity contribution is 8.00. The fraction of sp³-hybridized carbons (Fsp3) is 1.00. The normalized spacial score (nSPS) is 30.7. The average molecular weight is 200 g/mol. The van der Waals surface area contributed by atoms with Crippen LogP contribution in [0, 0.1) is 0 Å². The number of nitrogens with two attached hydrogens (primary N) is 1. The maximum Gasteiger partial charge on any atom is 0.0168 e. The van der Waals surface area contributed by atoms with E-state index in [1.54, 1.807) is 0 Å². The number of piperidine rings is 1. The Morgan fingerprint density at radius 1 is 1.31 bits per heavy atom. The van der Waals surface area contributed by atoms with Crippen LogP contribution in [-0.4, -0.2) is 41.6 Å². The van der Waals surface area contributed by atoms with Crippen molar-refractivity contribution in [1.82, 2.24) is 4.90 Å². The van der Waals surface area contributed by atoms with Gasteiger partial charge in [0.1, 0.15) is 0 Å². The lowest BCUT2D eigenvalue weighted by Crippen LogP contribution is -2.43. The minimum Gasteiger partial charge on any atom is -0.327 e. The van der Waals surface area contributed by atoms with Crippen molar-refractivity contribution >= 4 is 11.8 Å². The molecule has 2 nitrogen and oxygen atoms in total. The van der Waals surface area contributed by atoms with Crippen molar-refractivity contribution in [2.24, 2.45) is 5.73 Å². The van der Waals surface area contributed by atoms with Gasteiger partial charge in [-0.25, -0.2) is 0 Å². The Kier molecular flexibility index (Phi) is 3.52. The van der Waals surface area contributed by atoms with Crippen LogP contribution in [0.3, 0.4) is 0 Å². The van der Waals surface area contributed by atoms with Crippen LogP contribution >= 0.6 is 11.8 Å². The molecular weight excluding hydrogens is 180 g/mol. The monoisotopic (exact) mass is 200 g/mol. The third kappa shape index (κ3) is 3.49. The van der Waals surface area contributed by atoms with Crippen molar-refractivity contribution in [3.05, 3.63) is 0 Å². The Bertz CT molecular complexity index is 159. The first-order valence-electron chi connectivity index (χ1n) is 5.44. The SMILES string of the molecule is NC1CCCN(CCSC2CC2)C1. The van der Waals surface area contributed by atoms with Gasteiger partial charge in [-0.15, -0.1) is 0 Å². The number of hydrogen-bond acceptors (Lipinski definition) is 3. The van der Waals surface area contributed by atoms with Crippen LogP contribution in [0.1, 0.15) is 25.7 Å². The quantitative estimate of drug-likeness (QED) is 0.742. The van der Waals surface area contributed by atoms with Gasteiger partial charge in [-0.05, 0) is 32.2 Å². The zero-order chi connectivity index (χ0) is 9.10. The molecule has 0 radical (unpaired) electrons. The fourth-order valence-corrected chi connectivity index (χ4v) is 3.04. The minimum atomic E-state index is 0.444. The molecule has 1 saturated heterocycles. The second-order valence-electron chi connectivity index (χ2n) is 4.27. The van der Waals surface area contributed by atoms with Gasteiger partial charge in [0.05, 0.1) is 0 Å². The number of likely N-dealkylation sites (tertiary alicyclic amines) is 1. The minimum absolute atomic E-state index is 0.444. The van der Waals surface area contributed by atoms with E-state index >= 15 is 0 Å². The van der Waals surface area contributed by atoms with Crippen LogP contribution in [0.15, 0.2) is 0 Å². The molecule has 3 heteroatoms. The number of rotatable bonds is 4. The summed E-state index contributed by atoms with van der Waals surface area (Å²) >= 11 is 2.15. The van der Waals surface area contributed by atoms with Gasteiger partial charge >= 0.3 is 0 Å². The van der Waals surface area contributed by atoms with Crippen LogP contribution < -0.4 is 5.73 Å². The van der Waals surface area contributed by atoms with Crippen LogP contribution in [0.4, 0.5) is 0 Å². The summed E-state index contributed by atoms with van der Waals surface area (Å²) in [4.78, 5) is 2.53. The summed E-state index contributed by atoms with van der Waals surface area (Å²) in [6.07, 6.45) is 5.45. The van der Waals surface area contributed by atoms with Gasteiger partial charge in [-0.2, -0.15) is 11.8 Å². The van der Waals surface area contributed by atoms with Crippen molar-refractivity contribution < 1.29 is 0 Å². The van der Waals surface area contributed by atoms with Crippen LogP contribution in [0.5, 0.6) is 0 Å². The largest absolute Gasteiger partial charge is 0.327 e. The highest BCUT2D eigenvalue weighted by atomic mass is 32.2. The molecule has 1 aliphatic carbocycles. The third-order valence-corrected chi connectivity index (χ3v) is 4.19. The van der Waals surface area contributed by atoms with E-state index in [9.17, 15) is 0 Å². The smallest absolute Gasteiger partial charge is 0.0168 e. The van der Waals surface area contributed by atoms with E-state index in [1.807, 2.05) is 0 Å². The summed E-state index contributed by atoms with van der Waals surface area (Å²) in [6.45, 7) is 3.67. The molecule has 2 N–H and O–H groups in total. The molecular formula is C10H20N2S. The van der Waals surface area contributed by atoms with E-state index in [1.165, 1.54) is 44.5 Å². The zero-order valence-electron chi connectivity index (χ0n) is 8.24. The molecule has 0 aromatic heterocycles. The van der Waals surface area contributed by atoms with Gasteiger partial charge < -0.3 is 10.6 Å². The van der Waals surface area contributed by atoms with Gasteiger partial charge in [-0.1, -0.05) is 0 Å². The molecule has 1 heterocycles. The topological polar surface area (TPSA) is 29.3 Å². The predicted octanol–water partition coefficient (Wildman–Crippen LogP) is 1.31. The summed E-state index contributed by atoms with van der Waals surface area (Å²) < 4.78 is 0. The fourth-order valence-electron chi connectivity index (χ4n) is 1.88. The lowest BCUT2D eigenvalue weighted by Gasteiger charge is -2.30. The molecule has 2 aliphatic rings. The van der Waals surface area contributed by atoms with Gasteiger partial charge in [-0.3, -0.25) is 0 Å². The van der Waals surface area contributed by atoms with Crippen molar-refractivity contribution in [3.63, 3.8) is 0 Å². The predicted molar refractivity (Wildman–Crippen MR) is 59.1 cm³/mol. The van der Waals surface area contributed by atoms with Gasteiger partial charge in [0.25, 0.3) is 0 Å². The van der Waals surface area contributed by atoms with E-state index < -0.39 is 0 Å². The Hall–Kier alpha value is 0.270. The Balaban J connectivity index is 1.56. The Morgan fingerprint density at radius 3 is 2.85 bits per heavy atom. The van der Waals surface area contributed by atoms with E-state index in [0.29, 0.717) is 6.04 Å². The van der Waals surface area contributed by atoms with Crippen molar-refractivity contribution in [2.75, 3.05) is 25.4 Å². The van der Waals surface area contributed by atoms with Gasteiger partial charge in [0.15, 0.2) is 0 Å². The van der Waals surface area contributed by atoms with Gasteiger partial charge in [0, 0.05) is 30.1 Å². The molecule has 2 fully saturated rings. The molecule has 0 aromatic rings. The average Bonchev–Trinajstić information content (AvgIpc) is 2.88. The second kappa shape index (κ2) is 4.67. The number of hydrogen-bond donors (Lipinski definition) is 1. The zero-order valence-corrected chi connectivity index (χ0v) is 9.06. The van der Waals surface area contributed by atoms with Crippen LogP contribution in [0.25, 0.3) is 0 Å². The summed E-state index contributed by atoms with van der Waals surface area (Å²) in [5.74, 6) is 1.32. The first kappa shape index (κ1) is 9.81. The first-order chi connectivity index (χ1) is 6.34. The molecule has 1 unspecified atom stereocenters. The summed E-state index contributed by atoms with van der Waals surface area (Å²) in [5, 5.41) is 1.01. The standard InChI is InChI=1S/C10H20N2S/c11-9-2-1-5-12(8-9)6-7-13-10-3-4-10/h9-10H,1-8,11H2. The van der Waals surface area contributed by atoms with E-state index in [4.69, 9.17) is 5.73 Å². The second-order valence-corrected chi connectivity index (χ2v) is 5.68. The Morgan fingerprint density at radius 2 is 2.15 bits per heavy atom. The highest BCUT2D eigenvalue weighted by Gasteiger charge is 2.22. The maximum absolute atomic E-state index is 5.92. The number of thioether (sulfide) groups is 1. The molecule has 1 atom stereocenters. The van der Waals surface area contributed by atoms with E-state index in [-0.39, 0.29) is 0 Å². The highest BCUT2D eigenvalue weighted by Crippen LogP contribution is 2.33. The Labute approximate surface area is 85.2 Å². The van der Waals surface area contributed by atoms with Crippen molar-refractivity contribution in [2.45, 2.75) is 37.0 Å². The number of nitrogens with zero attached hydrogens (tertiary/aromatic N) is 1. The molecule has 0 bridgehead atoms. The third-order valence-electron chi connectivity index (χ3n) is 2.83. The van der Waals surface area contributed by atoms with E-state index in [2.05, 4.69) is 16.7 Å². The van der Waals surface area contributed by atoms with Gasteiger partial charge in [0.2, 0.25) is 0 Å². The van der Waals surface area contributed by atoms with Crippen LogP contribution in [0.2, 0.25) is 0 Å². The maximum atomic E-state index is 5.92. The molecule has 2 rings (SSSR count).